The largest absolute Gasteiger partial charge is 0.376 e. The molecule has 0 aromatic carbocycles. The summed E-state index contributed by atoms with van der Waals surface area (Å²) in [5, 5.41) is 0. The molecule has 1 aliphatic heterocycles. The zero-order valence-electron chi connectivity index (χ0n) is 9.92. The minimum Gasteiger partial charge on any atom is -0.376 e. The zero-order chi connectivity index (χ0) is 10.8. The Morgan fingerprint density at radius 3 is 2.50 bits per heavy atom. The first-order chi connectivity index (χ1) is 6.58. The van der Waals surface area contributed by atoms with Gasteiger partial charge in [-0.25, -0.2) is 0 Å². The van der Waals surface area contributed by atoms with Crippen molar-refractivity contribution in [3.05, 3.63) is 0 Å². The van der Waals surface area contributed by atoms with E-state index in [0.29, 0.717) is 12.6 Å². The Hall–Kier alpha value is -0.120. The monoisotopic (exact) mass is 200 g/mol. The van der Waals surface area contributed by atoms with Gasteiger partial charge in [-0.3, -0.25) is 4.90 Å². The van der Waals surface area contributed by atoms with Gasteiger partial charge in [-0.05, 0) is 33.7 Å². The molecule has 0 aromatic rings. The molecule has 2 atom stereocenters. The van der Waals surface area contributed by atoms with Crippen molar-refractivity contribution in [1.29, 1.82) is 0 Å². The molecule has 0 saturated carbocycles. The summed E-state index contributed by atoms with van der Waals surface area (Å²) in [4.78, 5) is 2.48. The van der Waals surface area contributed by atoms with Gasteiger partial charge in [-0.2, -0.15) is 0 Å². The first-order valence-electron chi connectivity index (χ1n) is 5.67. The van der Waals surface area contributed by atoms with Crippen LogP contribution < -0.4 is 5.73 Å². The third-order valence-corrected chi connectivity index (χ3v) is 3.55. The zero-order valence-corrected chi connectivity index (χ0v) is 9.92. The molecule has 0 aromatic heterocycles. The fourth-order valence-corrected chi connectivity index (χ4v) is 2.73. The normalized spacial score (nSPS) is 33.2. The van der Waals surface area contributed by atoms with Crippen LogP contribution in [0.1, 0.15) is 34.1 Å². The van der Waals surface area contributed by atoms with E-state index >= 15 is 0 Å². The lowest BCUT2D eigenvalue weighted by atomic mass is 9.88. The molecule has 2 N–H and O–H groups in total. The van der Waals surface area contributed by atoms with E-state index in [0.717, 1.165) is 19.6 Å². The number of rotatable bonds is 4. The van der Waals surface area contributed by atoms with Gasteiger partial charge >= 0.3 is 0 Å². The van der Waals surface area contributed by atoms with Gasteiger partial charge in [0.2, 0.25) is 0 Å². The van der Waals surface area contributed by atoms with E-state index in [9.17, 15) is 0 Å². The Balaban J connectivity index is 2.86. The summed E-state index contributed by atoms with van der Waals surface area (Å²) in [6.07, 6.45) is 1.33. The predicted molar refractivity (Wildman–Crippen MR) is 59.3 cm³/mol. The van der Waals surface area contributed by atoms with E-state index in [1.54, 1.807) is 0 Å². The lowest BCUT2D eigenvalue weighted by Gasteiger charge is -2.44. The second-order valence-corrected chi connectivity index (χ2v) is 4.45. The second kappa shape index (κ2) is 4.60. The fourth-order valence-electron chi connectivity index (χ4n) is 2.73. The van der Waals surface area contributed by atoms with E-state index < -0.39 is 0 Å². The van der Waals surface area contributed by atoms with Gasteiger partial charge in [0.05, 0.1) is 11.6 Å². The predicted octanol–water partition coefficient (Wildman–Crippen LogP) is 1.22. The number of hydrogen-bond donors (Lipinski definition) is 1. The van der Waals surface area contributed by atoms with Crippen LogP contribution in [-0.2, 0) is 4.74 Å². The minimum atomic E-state index is 0.0723. The van der Waals surface area contributed by atoms with Crippen molar-refractivity contribution < 1.29 is 4.74 Å². The summed E-state index contributed by atoms with van der Waals surface area (Å²) in [6.45, 7) is 11.4. The molecule has 84 valence electrons. The lowest BCUT2D eigenvalue weighted by molar-refractivity contribution is 0.000431. The molecule has 1 fully saturated rings. The Morgan fingerprint density at radius 2 is 2.21 bits per heavy atom. The standard InChI is InChI=1S/C11H24N2O/c1-5-13(9(2)3)11(8-12)6-7-14-10(11)4/h9-10H,5-8,12H2,1-4H3. The molecule has 14 heavy (non-hydrogen) atoms. The summed E-state index contributed by atoms with van der Waals surface area (Å²) < 4.78 is 5.67. The van der Waals surface area contributed by atoms with Crippen LogP contribution in [0.25, 0.3) is 0 Å². The molecule has 3 nitrogen and oxygen atoms in total. The van der Waals surface area contributed by atoms with Crippen LogP contribution in [0.5, 0.6) is 0 Å². The molecule has 1 aliphatic rings. The second-order valence-electron chi connectivity index (χ2n) is 4.45. The summed E-state index contributed by atoms with van der Waals surface area (Å²) in [6, 6.07) is 0.535. The maximum absolute atomic E-state index is 5.95. The van der Waals surface area contributed by atoms with Crippen molar-refractivity contribution in [2.75, 3.05) is 19.7 Å². The van der Waals surface area contributed by atoms with E-state index in [-0.39, 0.29) is 11.6 Å². The number of nitrogens with zero attached hydrogens (tertiary/aromatic N) is 1. The smallest absolute Gasteiger partial charge is 0.0743 e. The molecule has 0 bridgehead atoms. The maximum atomic E-state index is 5.95. The SMILES string of the molecule is CCN(C(C)C)C1(CN)CCOC1C. The highest BCUT2D eigenvalue weighted by molar-refractivity contribution is 5.01. The van der Waals surface area contributed by atoms with Gasteiger partial charge < -0.3 is 10.5 Å². The van der Waals surface area contributed by atoms with E-state index in [1.807, 2.05) is 0 Å². The first-order valence-corrected chi connectivity index (χ1v) is 5.67. The molecule has 0 spiro atoms. The van der Waals surface area contributed by atoms with Crippen LogP contribution in [0, 0.1) is 0 Å². The van der Waals surface area contributed by atoms with E-state index in [1.165, 1.54) is 0 Å². The minimum absolute atomic E-state index is 0.0723. The van der Waals surface area contributed by atoms with Crippen molar-refractivity contribution in [2.24, 2.45) is 5.73 Å². The summed E-state index contributed by atoms with van der Waals surface area (Å²) in [5.41, 5.74) is 6.02. The molecule has 1 heterocycles. The Labute approximate surface area is 87.6 Å². The Morgan fingerprint density at radius 1 is 1.57 bits per heavy atom. The van der Waals surface area contributed by atoms with Gasteiger partial charge in [-0.1, -0.05) is 6.92 Å². The van der Waals surface area contributed by atoms with E-state index in [4.69, 9.17) is 10.5 Å². The quantitative estimate of drug-likeness (QED) is 0.741. The van der Waals surface area contributed by atoms with Crippen LogP contribution in [0.3, 0.4) is 0 Å². The van der Waals surface area contributed by atoms with Gasteiger partial charge in [0.1, 0.15) is 0 Å². The summed E-state index contributed by atoms with van der Waals surface area (Å²) in [5.74, 6) is 0. The van der Waals surface area contributed by atoms with Gasteiger partial charge in [-0.15, -0.1) is 0 Å². The van der Waals surface area contributed by atoms with Gasteiger partial charge in [0.15, 0.2) is 0 Å². The maximum Gasteiger partial charge on any atom is 0.0743 e. The van der Waals surface area contributed by atoms with Crippen molar-refractivity contribution in [3.8, 4) is 0 Å². The van der Waals surface area contributed by atoms with Crippen molar-refractivity contribution >= 4 is 0 Å². The first kappa shape index (κ1) is 12.0. The van der Waals surface area contributed by atoms with Crippen LogP contribution >= 0.6 is 0 Å². The topological polar surface area (TPSA) is 38.5 Å². The number of nitrogens with two attached hydrogens (primary N) is 1. The number of likely N-dealkylation sites (N-methyl/N-ethyl adjacent to an activating group) is 1. The Bertz CT molecular complexity index is 184. The van der Waals surface area contributed by atoms with Crippen LogP contribution in [0.15, 0.2) is 0 Å². The fraction of sp³-hybridized carbons (Fsp3) is 1.00. The average Bonchev–Trinajstić information content (AvgIpc) is 2.49. The van der Waals surface area contributed by atoms with Gasteiger partial charge in [0, 0.05) is 19.2 Å². The van der Waals surface area contributed by atoms with Crippen LogP contribution in [-0.4, -0.2) is 42.3 Å². The highest BCUT2D eigenvalue weighted by Crippen LogP contribution is 2.32. The molecule has 1 saturated heterocycles. The van der Waals surface area contributed by atoms with Crippen molar-refractivity contribution in [3.63, 3.8) is 0 Å². The third kappa shape index (κ3) is 1.81. The molecule has 1 rings (SSSR count). The molecule has 0 aliphatic carbocycles. The van der Waals surface area contributed by atoms with Crippen molar-refractivity contribution in [2.45, 2.75) is 51.8 Å². The number of ether oxygens (including phenoxy) is 1. The molecule has 2 unspecified atom stereocenters. The van der Waals surface area contributed by atoms with Crippen LogP contribution in [0.2, 0.25) is 0 Å². The highest BCUT2D eigenvalue weighted by Gasteiger charge is 2.45. The summed E-state index contributed by atoms with van der Waals surface area (Å²) >= 11 is 0. The molecule has 3 heteroatoms. The van der Waals surface area contributed by atoms with Gasteiger partial charge in [0.25, 0.3) is 0 Å². The lowest BCUT2D eigenvalue weighted by Crippen LogP contribution is -2.60. The summed E-state index contributed by atoms with van der Waals surface area (Å²) in [7, 11) is 0. The van der Waals surface area contributed by atoms with E-state index in [2.05, 4.69) is 32.6 Å². The third-order valence-electron chi connectivity index (χ3n) is 3.55. The molecular weight excluding hydrogens is 176 g/mol. The Kier molecular flexibility index (Phi) is 3.93. The molecule has 0 radical (unpaired) electrons. The highest BCUT2D eigenvalue weighted by atomic mass is 16.5. The van der Waals surface area contributed by atoms with Crippen LogP contribution in [0.4, 0.5) is 0 Å². The molecular formula is C11H24N2O. The number of hydrogen-bond acceptors (Lipinski definition) is 3. The molecule has 0 amide bonds. The average molecular weight is 200 g/mol. The van der Waals surface area contributed by atoms with Crippen molar-refractivity contribution in [1.82, 2.24) is 4.90 Å².